The number of halogens is 3. The summed E-state index contributed by atoms with van der Waals surface area (Å²) in [5.41, 5.74) is 4.85. The predicted octanol–water partition coefficient (Wildman–Crippen LogP) is 3.30. The second-order valence-electron chi connectivity index (χ2n) is 6.92. The van der Waals surface area contributed by atoms with E-state index in [9.17, 15) is 13.2 Å². The molecule has 0 saturated heterocycles. The molecular weight excluding hydrogens is 321 g/mol. The number of hydrogen-bond donors (Lipinski definition) is 2. The molecule has 0 bridgehead atoms. The summed E-state index contributed by atoms with van der Waals surface area (Å²) in [6, 6.07) is 7.42. The van der Waals surface area contributed by atoms with E-state index in [0.717, 1.165) is 13.1 Å². The van der Waals surface area contributed by atoms with Gasteiger partial charge in [0.2, 0.25) is 0 Å². The van der Waals surface area contributed by atoms with E-state index in [2.05, 4.69) is 49.2 Å². The molecule has 3 rings (SSSR count). The van der Waals surface area contributed by atoms with Crippen LogP contribution in [-0.4, -0.2) is 36.4 Å². The summed E-state index contributed by atoms with van der Waals surface area (Å²) in [6.07, 6.45) is -3.83. The van der Waals surface area contributed by atoms with E-state index >= 15 is 0 Å². The van der Waals surface area contributed by atoms with Crippen molar-refractivity contribution >= 4 is 11.7 Å². The van der Waals surface area contributed by atoms with Crippen molar-refractivity contribution in [3.8, 4) is 0 Å². The van der Waals surface area contributed by atoms with Crippen LogP contribution in [0.2, 0.25) is 0 Å². The molecule has 2 aliphatic heterocycles. The molecule has 24 heavy (non-hydrogen) atoms. The van der Waals surface area contributed by atoms with Crippen molar-refractivity contribution in [2.75, 3.05) is 18.0 Å². The van der Waals surface area contributed by atoms with E-state index < -0.39 is 12.1 Å². The summed E-state index contributed by atoms with van der Waals surface area (Å²) in [7, 11) is 0. The van der Waals surface area contributed by atoms with Crippen LogP contribution in [0.3, 0.4) is 0 Å². The van der Waals surface area contributed by atoms with Gasteiger partial charge in [0, 0.05) is 31.4 Å². The van der Waals surface area contributed by atoms with Crippen molar-refractivity contribution in [2.24, 2.45) is 0 Å². The third-order valence-corrected chi connectivity index (χ3v) is 4.64. The molecule has 4 nitrogen and oxygen atoms in total. The minimum Gasteiger partial charge on any atom is -0.475 e. The lowest BCUT2D eigenvalue weighted by molar-refractivity contribution is -0.192. The van der Waals surface area contributed by atoms with Crippen LogP contribution < -0.4 is 10.2 Å². The van der Waals surface area contributed by atoms with E-state index in [1.54, 1.807) is 0 Å². The fraction of sp³-hybridized carbons (Fsp3) is 0.588. The van der Waals surface area contributed by atoms with Crippen LogP contribution in [0.25, 0.3) is 0 Å². The summed E-state index contributed by atoms with van der Waals surface area (Å²) in [5, 5.41) is 10.7. The number of carbonyl (C=O) groups is 1. The highest BCUT2D eigenvalue weighted by molar-refractivity contribution is 5.73. The molecule has 134 valence electrons. The van der Waals surface area contributed by atoms with E-state index in [1.165, 1.54) is 29.8 Å². The van der Waals surface area contributed by atoms with Crippen molar-refractivity contribution in [3.05, 3.63) is 29.3 Å². The molecule has 1 aromatic rings. The molecule has 7 heteroatoms. The standard InChI is InChI=1S/C15H22N2.C2HF3O2/c1-11-9-16-10-12-5-4-6-13-14(12)17(11)8-7-15(13,2)3;3-2(4,5)1(6)7/h4-6,11,16H,7-10H2,1-3H3;(H,6,7). The van der Waals surface area contributed by atoms with Gasteiger partial charge in [-0.15, -0.1) is 0 Å². The van der Waals surface area contributed by atoms with E-state index in [1.807, 2.05) is 0 Å². The van der Waals surface area contributed by atoms with Crippen molar-refractivity contribution in [1.29, 1.82) is 0 Å². The Morgan fingerprint density at radius 2 is 2.00 bits per heavy atom. The Balaban J connectivity index is 0.000000256. The topological polar surface area (TPSA) is 52.6 Å². The molecule has 2 N–H and O–H groups in total. The molecule has 0 amide bonds. The van der Waals surface area contributed by atoms with E-state index in [4.69, 9.17) is 9.90 Å². The zero-order valence-corrected chi connectivity index (χ0v) is 14.1. The average molecular weight is 344 g/mol. The van der Waals surface area contributed by atoms with Crippen LogP contribution >= 0.6 is 0 Å². The average Bonchev–Trinajstić information content (AvgIpc) is 2.62. The Bertz CT molecular complexity index is 614. The Morgan fingerprint density at radius 1 is 1.38 bits per heavy atom. The summed E-state index contributed by atoms with van der Waals surface area (Å²) in [4.78, 5) is 11.5. The largest absolute Gasteiger partial charge is 0.490 e. The normalized spacial score (nSPS) is 21.9. The molecule has 1 aromatic carbocycles. The molecule has 2 heterocycles. The van der Waals surface area contributed by atoms with Crippen LogP contribution in [0.1, 0.15) is 38.3 Å². The first-order valence-corrected chi connectivity index (χ1v) is 7.94. The number of hydrogen-bond acceptors (Lipinski definition) is 3. The fourth-order valence-corrected chi connectivity index (χ4v) is 3.23. The highest BCUT2D eigenvalue weighted by atomic mass is 19.4. The Labute approximate surface area is 139 Å². The SMILES string of the molecule is CC1CNCc2cccc3c2N1CCC3(C)C.O=C(O)C(F)(F)F. The first-order valence-electron chi connectivity index (χ1n) is 7.94. The molecule has 2 aliphatic rings. The van der Waals surface area contributed by atoms with Gasteiger partial charge in [0.1, 0.15) is 0 Å². The Kier molecular flexibility index (Phi) is 5.13. The number of benzene rings is 1. The van der Waals surface area contributed by atoms with Gasteiger partial charge in [0.15, 0.2) is 0 Å². The van der Waals surface area contributed by atoms with Gasteiger partial charge in [-0.2, -0.15) is 13.2 Å². The molecule has 1 atom stereocenters. The number of carboxylic acid groups (broad SMARTS) is 1. The quantitative estimate of drug-likeness (QED) is 0.758. The third kappa shape index (κ3) is 3.83. The fourth-order valence-electron chi connectivity index (χ4n) is 3.23. The van der Waals surface area contributed by atoms with Gasteiger partial charge in [-0.05, 0) is 29.9 Å². The maximum atomic E-state index is 10.6. The molecule has 1 unspecified atom stereocenters. The number of alkyl halides is 3. The number of nitrogens with one attached hydrogen (secondary N) is 1. The third-order valence-electron chi connectivity index (χ3n) is 4.64. The molecule has 0 spiro atoms. The number of anilines is 1. The van der Waals surface area contributed by atoms with Gasteiger partial charge in [0.05, 0.1) is 0 Å². The molecule has 0 radical (unpaired) electrons. The highest BCUT2D eigenvalue weighted by Crippen LogP contribution is 2.42. The first-order chi connectivity index (χ1) is 11.0. The lowest BCUT2D eigenvalue weighted by Crippen LogP contribution is -2.44. The lowest BCUT2D eigenvalue weighted by Gasteiger charge is -2.43. The van der Waals surface area contributed by atoms with Gasteiger partial charge >= 0.3 is 12.1 Å². The predicted molar refractivity (Wildman–Crippen MR) is 86.3 cm³/mol. The molecule has 0 saturated carbocycles. The highest BCUT2D eigenvalue weighted by Gasteiger charge is 2.38. The van der Waals surface area contributed by atoms with Crippen molar-refractivity contribution < 1.29 is 23.1 Å². The minimum atomic E-state index is -5.08. The monoisotopic (exact) mass is 344 g/mol. The van der Waals surface area contributed by atoms with Crippen molar-refractivity contribution in [1.82, 2.24) is 5.32 Å². The first kappa shape index (κ1) is 18.6. The van der Waals surface area contributed by atoms with Crippen LogP contribution in [-0.2, 0) is 16.8 Å². The maximum absolute atomic E-state index is 10.6. The van der Waals surface area contributed by atoms with Gasteiger partial charge < -0.3 is 15.3 Å². The van der Waals surface area contributed by atoms with Crippen LogP contribution in [0.4, 0.5) is 18.9 Å². The van der Waals surface area contributed by atoms with Crippen LogP contribution in [0, 0.1) is 0 Å². The number of nitrogens with zero attached hydrogens (tertiary/aromatic N) is 1. The van der Waals surface area contributed by atoms with E-state index in [-0.39, 0.29) is 0 Å². The van der Waals surface area contributed by atoms with Crippen LogP contribution in [0.5, 0.6) is 0 Å². The zero-order valence-electron chi connectivity index (χ0n) is 14.1. The lowest BCUT2D eigenvalue weighted by atomic mass is 9.76. The number of carboxylic acids is 1. The summed E-state index contributed by atoms with van der Waals surface area (Å²) < 4.78 is 31.7. The summed E-state index contributed by atoms with van der Waals surface area (Å²) in [6.45, 7) is 10.4. The van der Waals surface area contributed by atoms with Gasteiger partial charge in [-0.1, -0.05) is 32.0 Å². The Morgan fingerprint density at radius 3 is 2.58 bits per heavy atom. The number of aliphatic carboxylic acids is 1. The molecule has 0 aromatic heterocycles. The smallest absolute Gasteiger partial charge is 0.475 e. The minimum absolute atomic E-state index is 0.325. The summed E-state index contributed by atoms with van der Waals surface area (Å²) >= 11 is 0. The molecule has 0 fully saturated rings. The van der Waals surface area contributed by atoms with Gasteiger partial charge in [-0.3, -0.25) is 0 Å². The maximum Gasteiger partial charge on any atom is 0.490 e. The zero-order chi connectivity index (χ0) is 18.1. The van der Waals surface area contributed by atoms with E-state index in [0.29, 0.717) is 11.5 Å². The van der Waals surface area contributed by atoms with Crippen LogP contribution in [0.15, 0.2) is 18.2 Å². The van der Waals surface area contributed by atoms with Gasteiger partial charge in [-0.25, -0.2) is 4.79 Å². The van der Waals surface area contributed by atoms with Crippen molar-refractivity contribution in [2.45, 2.75) is 51.4 Å². The molecular formula is C17H23F3N2O2. The van der Waals surface area contributed by atoms with Crippen molar-refractivity contribution in [3.63, 3.8) is 0 Å². The number of rotatable bonds is 0. The summed E-state index contributed by atoms with van der Waals surface area (Å²) in [5.74, 6) is -2.76. The molecule has 0 aliphatic carbocycles. The number of para-hydroxylation sites is 1. The second-order valence-corrected chi connectivity index (χ2v) is 6.92. The second kappa shape index (κ2) is 6.63. The Hall–Kier alpha value is -1.76. The van der Waals surface area contributed by atoms with Gasteiger partial charge in [0.25, 0.3) is 0 Å².